The molecule has 7 heteroatoms. The number of halogens is 1. The van der Waals surface area contributed by atoms with E-state index in [-0.39, 0.29) is 5.91 Å². The molecule has 1 spiro atoms. The van der Waals surface area contributed by atoms with Crippen LogP contribution in [-0.4, -0.2) is 43.0 Å². The van der Waals surface area contributed by atoms with Crippen LogP contribution in [0, 0.1) is 5.82 Å². The molecule has 1 amide bonds. The van der Waals surface area contributed by atoms with Crippen molar-refractivity contribution in [2.75, 3.05) is 36.5 Å². The molecule has 2 aliphatic rings. The molecule has 0 saturated carbocycles. The molecular weight excluding hydrogens is 337 g/mol. The van der Waals surface area contributed by atoms with Gasteiger partial charge >= 0.3 is 0 Å². The molecule has 1 N–H and O–H groups in total. The zero-order valence-electron chi connectivity index (χ0n) is 14.3. The van der Waals surface area contributed by atoms with Gasteiger partial charge in [-0.2, -0.15) is 0 Å². The predicted octanol–water partition coefficient (Wildman–Crippen LogP) is 2.82. The standard InChI is InChI=1S/C19H20FN3O3/c20-15-2-1-3-16(11-15)22-18(24)14-10-17(13-21-12-14)23-6-4-19(5-7-23)25-8-9-26-19/h1-3,10-13H,4-9H2,(H,22,24). The number of aromatic nitrogens is 1. The van der Waals surface area contributed by atoms with Gasteiger partial charge in [0.25, 0.3) is 5.91 Å². The van der Waals surface area contributed by atoms with Crippen molar-refractivity contribution >= 4 is 17.3 Å². The van der Waals surface area contributed by atoms with Crippen LogP contribution in [0.25, 0.3) is 0 Å². The number of hydrogen-bond acceptors (Lipinski definition) is 5. The Hall–Kier alpha value is -2.51. The van der Waals surface area contributed by atoms with Crippen LogP contribution in [0.2, 0.25) is 0 Å². The normalized spacial score (nSPS) is 18.9. The summed E-state index contributed by atoms with van der Waals surface area (Å²) in [7, 11) is 0. The highest BCUT2D eigenvalue weighted by molar-refractivity contribution is 6.04. The number of rotatable bonds is 3. The van der Waals surface area contributed by atoms with Crippen molar-refractivity contribution in [3.63, 3.8) is 0 Å². The van der Waals surface area contributed by atoms with Gasteiger partial charge in [-0.3, -0.25) is 9.78 Å². The van der Waals surface area contributed by atoms with Gasteiger partial charge in [0.1, 0.15) is 5.82 Å². The van der Waals surface area contributed by atoms with Crippen molar-refractivity contribution in [3.05, 3.63) is 54.1 Å². The number of amides is 1. The Balaban J connectivity index is 1.44. The lowest BCUT2D eigenvalue weighted by Crippen LogP contribution is -2.45. The monoisotopic (exact) mass is 357 g/mol. The van der Waals surface area contributed by atoms with Crippen molar-refractivity contribution in [2.24, 2.45) is 0 Å². The third-order valence-corrected chi connectivity index (χ3v) is 4.77. The van der Waals surface area contributed by atoms with E-state index >= 15 is 0 Å². The minimum Gasteiger partial charge on any atom is -0.370 e. The van der Waals surface area contributed by atoms with E-state index in [1.807, 2.05) is 0 Å². The zero-order valence-corrected chi connectivity index (χ0v) is 14.3. The smallest absolute Gasteiger partial charge is 0.257 e. The van der Waals surface area contributed by atoms with E-state index in [1.165, 1.54) is 18.3 Å². The summed E-state index contributed by atoms with van der Waals surface area (Å²) in [5, 5.41) is 2.69. The second kappa shape index (κ2) is 7.01. The lowest BCUT2D eigenvalue weighted by Gasteiger charge is -2.38. The Bertz CT molecular complexity index is 798. The highest BCUT2D eigenvalue weighted by Crippen LogP contribution is 2.33. The Labute approximate surface area is 150 Å². The van der Waals surface area contributed by atoms with Gasteiger partial charge < -0.3 is 19.7 Å². The minimum atomic E-state index is -0.434. The number of ether oxygens (including phenoxy) is 2. The van der Waals surface area contributed by atoms with Crippen LogP contribution in [0.4, 0.5) is 15.8 Å². The number of nitrogens with one attached hydrogen (secondary N) is 1. The Morgan fingerprint density at radius 2 is 1.92 bits per heavy atom. The van der Waals surface area contributed by atoms with Crippen LogP contribution < -0.4 is 10.2 Å². The Morgan fingerprint density at radius 1 is 1.15 bits per heavy atom. The Kier molecular flexibility index (Phi) is 4.57. The zero-order chi connectivity index (χ0) is 18.0. The Morgan fingerprint density at radius 3 is 2.65 bits per heavy atom. The summed E-state index contributed by atoms with van der Waals surface area (Å²) in [6.07, 6.45) is 4.82. The molecule has 6 nitrogen and oxygen atoms in total. The highest BCUT2D eigenvalue weighted by atomic mass is 19.1. The van der Waals surface area contributed by atoms with Crippen molar-refractivity contribution in [2.45, 2.75) is 18.6 Å². The molecule has 26 heavy (non-hydrogen) atoms. The molecule has 0 aliphatic carbocycles. The summed E-state index contributed by atoms with van der Waals surface area (Å²) < 4.78 is 24.8. The molecule has 0 atom stereocenters. The molecular formula is C19H20FN3O3. The van der Waals surface area contributed by atoms with E-state index in [4.69, 9.17) is 9.47 Å². The van der Waals surface area contributed by atoms with Gasteiger partial charge in [-0.15, -0.1) is 0 Å². The van der Waals surface area contributed by atoms with Gasteiger partial charge in [0.2, 0.25) is 0 Å². The first-order chi connectivity index (χ1) is 12.6. The maximum Gasteiger partial charge on any atom is 0.257 e. The number of piperidine rings is 1. The number of carbonyl (C=O) groups excluding carboxylic acids is 1. The van der Waals surface area contributed by atoms with E-state index < -0.39 is 11.6 Å². The number of hydrogen-bond donors (Lipinski definition) is 1. The van der Waals surface area contributed by atoms with Gasteiger partial charge in [0, 0.05) is 37.8 Å². The lowest BCUT2D eigenvalue weighted by atomic mass is 10.0. The fourth-order valence-electron chi connectivity index (χ4n) is 3.39. The maximum atomic E-state index is 13.3. The second-order valence-electron chi connectivity index (χ2n) is 6.49. The van der Waals surface area contributed by atoms with Crippen LogP contribution in [0.15, 0.2) is 42.7 Å². The lowest BCUT2D eigenvalue weighted by molar-refractivity contribution is -0.169. The molecule has 1 aromatic carbocycles. The third kappa shape index (κ3) is 3.54. The summed E-state index contributed by atoms with van der Waals surface area (Å²) >= 11 is 0. The third-order valence-electron chi connectivity index (χ3n) is 4.77. The highest BCUT2D eigenvalue weighted by Gasteiger charge is 2.39. The average molecular weight is 357 g/mol. The molecule has 1 aromatic heterocycles. The molecule has 2 fully saturated rings. The predicted molar refractivity (Wildman–Crippen MR) is 94.7 cm³/mol. The van der Waals surface area contributed by atoms with Crippen molar-refractivity contribution in [1.29, 1.82) is 0 Å². The number of carbonyl (C=O) groups is 1. The minimum absolute atomic E-state index is 0.319. The molecule has 136 valence electrons. The van der Waals surface area contributed by atoms with E-state index in [1.54, 1.807) is 24.4 Å². The van der Waals surface area contributed by atoms with E-state index in [2.05, 4.69) is 15.2 Å². The first kappa shape index (κ1) is 16.9. The van der Waals surface area contributed by atoms with Crippen molar-refractivity contribution < 1.29 is 18.7 Å². The topological polar surface area (TPSA) is 63.7 Å². The molecule has 0 bridgehead atoms. The van der Waals surface area contributed by atoms with E-state index in [0.29, 0.717) is 24.5 Å². The molecule has 0 unspecified atom stereocenters. The molecule has 2 aromatic rings. The van der Waals surface area contributed by atoms with Crippen LogP contribution in [-0.2, 0) is 9.47 Å². The molecule has 4 rings (SSSR count). The number of benzene rings is 1. The van der Waals surface area contributed by atoms with Crippen LogP contribution >= 0.6 is 0 Å². The molecule has 2 aliphatic heterocycles. The number of nitrogens with zero attached hydrogens (tertiary/aromatic N) is 2. The maximum absolute atomic E-state index is 13.3. The van der Waals surface area contributed by atoms with E-state index in [0.717, 1.165) is 31.6 Å². The largest absolute Gasteiger partial charge is 0.370 e. The van der Waals surface area contributed by atoms with Gasteiger partial charge in [-0.05, 0) is 24.3 Å². The molecule has 2 saturated heterocycles. The van der Waals surface area contributed by atoms with Gasteiger partial charge in [-0.25, -0.2) is 4.39 Å². The van der Waals surface area contributed by atoms with Crippen LogP contribution in [0.3, 0.4) is 0 Å². The first-order valence-electron chi connectivity index (χ1n) is 8.68. The molecule has 0 radical (unpaired) electrons. The van der Waals surface area contributed by atoms with Crippen LogP contribution in [0.5, 0.6) is 0 Å². The SMILES string of the molecule is O=C(Nc1cccc(F)c1)c1cncc(N2CCC3(CC2)OCCO3)c1. The average Bonchev–Trinajstić information content (AvgIpc) is 3.10. The van der Waals surface area contributed by atoms with Crippen molar-refractivity contribution in [1.82, 2.24) is 4.98 Å². The quantitative estimate of drug-likeness (QED) is 0.915. The van der Waals surface area contributed by atoms with Crippen molar-refractivity contribution in [3.8, 4) is 0 Å². The number of pyridine rings is 1. The fourth-order valence-corrected chi connectivity index (χ4v) is 3.39. The summed E-state index contributed by atoms with van der Waals surface area (Å²) in [5.41, 5.74) is 1.72. The fraction of sp³-hybridized carbons (Fsp3) is 0.368. The van der Waals surface area contributed by atoms with E-state index in [9.17, 15) is 9.18 Å². The van der Waals surface area contributed by atoms with Gasteiger partial charge in [0.05, 0.1) is 30.7 Å². The summed E-state index contributed by atoms with van der Waals surface area (Å²) in [6.45, 7) is 2.85. The second-order valence-corrected chi connectivity index (χ2v) is 6.49. The first-order valence-corrected chi connectivity index (χ1v) is 8.68. The molecule has 3 heterocycles. The van der Waals surface area contributed by atoms with Crippen LogP contribution in [0.1, 0.15) is 23.2 Å². The summed E-state index contributed by atoms with van der Waals surface area (Å²) in [5.74, 6) is -1.15. The summed E-state index contributed by atoms with van der Waals surface area (Å²) in [4.78, 5) is 18.8. The van der Waals surface area contributed by atoms with Gasteiger partial charge in [-0.1, -0.05) is 6.07 Å². The van der Waals surface area contributed by atoms with Gasteiger partial charge in [0.15, 0.2) is 5.79 Å². The number of anilines is 2. The summed E-state index contributed by atoms with van der Waals surface area (Å²) in [6, 6.07) is 7.61.